The molecule has 3 rings (SSSR count). The molecule has 146 valence electrons. The van der Waals surface area contributed by atoms with Crippen LogP contribution in [0.2, 0.25) is 5.28 Å². The van der Waals surface area contributed by atoms with Gasteiger partial charge in [0.2, 0.25) is 11.2 Å². The van der Waals surface area contributed by atoms with Gasteiger partial charge in [-0.15, -0.1) is 0 Å². The molecular formula is C14H18ClN7O5. The molecule has 3 heterocycles. The molecule has 1 aliphatic rings. The van der Waals surface area contributed by atoms with Crippen LogP contribution in [0.25, 0.3) is 11.2 Å². The van der Waals surface area contributed by atoms with E-state index >= 15 is 0 Å². The number of hydrogen-bond donors (Lipinski definition) is 5. The Kier molecular flexibility index (Phi) is 5.53. The first kappa shape index (κ1) is 19.4. The van der Waals surface area contributed by atoms with Crippen molar-refractivity contribution in [1.82, 2.24) is 19.5 Å². The van der Waals surface area contributed by atoms with Gasteiger partial charge < -0.3 is 30.2 Å². The van der Waals surface area contributed by atoms with Gasteiger partial charge in [-0.2, -0.15) is 9.97 Å². The first-order chi connectivity index (χ1) is 12.8. The number of imidazole rings is 1. The van der Waals surface area contributed by atoms with Gasteiger partial charge in [0.05, 0.1) is 12.9 Å². The van der Waals surface area contributed by atoms with Gasteiger partial charge in [0.15, 0.2) is 23.6 Å². The summed E-state index contributed by atoms with van der Waals surface area (Å²) in [4.78, 5) is 11.9. The number of fused-ring (bicyclic) bond motifs is 1. The molecule has 12 nitrogen and oxygen atoms in total. The van der Waals surface area contributed by atoms with Crippen LogP contribution in [0.5, 0.6) is 0 Å². The second-order valence-corrected chi connectivity index (χ2v) is 6.18. The lowest BCUT2D eigenvalue weighted by atomic mass is 10.1. The van der Waals surface area contributed by atoms with Crippen molar-refractivity contribution < 1.29 is 24.4 Å². The summed E-state index contributed by atoms with van der Waals surface area (Å²) in [5, 5.41) is 35.1. The summed E-state index contributed by atoms with van der Waals surface area (Å²) < 4.78 is 17.1. The second-order valence-electron chi connectivity index (χ2n) is 5.84. The molecule has 0 spiro atoms. The minimum Gasteiger partial charge on any atom is -0.428 e. The summed E-state index contributed by atoms with van der Waals surface area (Å²) in [5.74, 6) is -0.311. The van der Waals surface area contributed by atoms with Crippen LogP contribution in [0.15, 0.2) is 6.33 Å². The topological polar surface area (TPSA) is 185 Å². The summed E-state index contributed by atoms with van der Waals surface area (Å²) in [6, 6.07) is 0. The van der Waals surface area contributed by atoms with E-state index in [4.69, 9.17) is 42.4 Å². The largest absolute Gasteiger partial charge is 0.428 e. The van der Waals surface area contributed by atoms with E-state index < -0.39 is 24.5 Å². The van der Waals surface area contributed by atoms with E-state index in [1.165, 1.54) is 17.8 Å². The third kappa shape index (κ3) is 3.99. The van der Waals surface area contributed by atoms with Crippen LogP contribution in [0, 0.1) is 10.8 Å². The van der Waals surface area contributed by atoms with Crippen LogP contribution < -0.4 is 5.73 Å². The number of aliphatic hydroxyl groups is 2. The van der Waals surface area contributed by atoms with Gasteiger partial charge in [-0.25, -0.2) is 4.98 Å². The van der Waals surface area contributed by atoms with Crippen molar-refractivity contribution in [3.05, 3.63) is 11.6 Å². The van der Waals surface area contributed by atoms with Crippen LogP contribution in [0.4, 0.5) is 5.82 Å². The van der Waals surface area contributed by atoms with Crippen LogP contribution >= 0.6 is 11.6 Å². The van der Waals surface area contributed by atoms with E-state index in [-0.39, 0.29) is 47.3 Å². The van der Waals surface area contributed by atoms with E-state index in [0.29, 0.717) is 0 Å². The van der Waals surface area contributed by atoms with Crippen molar-refractivity contribution in [2.45, 2.75) is 31.5 Å². The first-order valence-corrected chi connectivity index (χ1v) is 8.21. The smallest absolute Gasteiger partial charge is 0.226 e. The predicted molar refractivity (Wildman–Crippen MR) is 93.7 cm³/mol. The number of halogens is 1. The summed E-state index contributed by atoms with van der Waals surface area (Å²) >= 11 is 5.82. The highest BCUT2D eigenvalue weighted by Gasteiger charge is 2.44. The zero-order valence-electron chi connectivity index (χ0n) is 14.2. The van der Waals surface area contributed by atoms with Crippen LogP contribution in [0.3, 0.4) is 0 Å². The van der Waals surface area contributed by atoms with Gasteiger partial charge in [-0.1, -0.05) is 0 Å². The molecule has 4 atom stereocenters. The summed E-state index contributed by atoms with van der Waals surface area (Å²) in [7, 11) is 0. The molecule has 0 amide bonds. The minimum atomic E-state index is -1.29. The van der Waals surface area contributed by atoms with Gasteiger partial charge in [0.25, 0.3) is 0 Å². The molecule has 13 heteroatoms. The Morgan fingerprint density at radius 2 is 2.11 bits per heavy atom. The fourth-order valence-corrected chi connectivity index (χ4v) is 2.85. The van der Waals surface area contributed by atoms with Crippen molar-refractivity contribution >= 4 is 40.4 Å². The third-order valence-electron chi connectivity index (χ3n) is 3.82. The average Bonchev–Trinajstić information content (AvgIpc) is 3.10. The standard InChI is InChI=1S/C14H18ClN7O5/c1-5(16)26-7(17)3-25-2-6-9(23)10(24)13(27-6)22-4-19-8-11(18)20-14(15)21-12(8)22/h4,6,9-10,13,16-17,23-24H,2-3H2,1H3,(H2,18,20,21). The lowest BCUT2D eigenvalue weighted by molar-refractivity contribution is -0.0616. The van der Waals surface area contributed by atoms with E-state index in [1.807, 2.05) is 0 Å². The second kappa shape index (κ2) is 7.70. The van der Waals surface area contributed by atoms with Crippen LogP contribution in [-0.4, -0.2) is 73.1 Å². The Labute approximate surface area is 157 Å². The number of nitrogens with one attached hydrogen (secondary N) is 2. The lowest BCUT2D eigenvalue weighted by Crippen LogP contribution is -2.34. The predicted octanol–water partition coefficient (Wildman–Crippen LogP) is -0.311. The van der Waals surface area contributed by atoms with Gasteiger partial charge in [-0.05, 0) is 11.6 Å². The quantitative estimate of drug-likeness (QED) is 0.255. The molecule has 4 unspecified atom stereocenters. The molecule has 0 saturated carbocycles. The number of anilines is 1. The number of aliphatic hydroxyl groups excluding tert-OH is 2. The zero-order valence-corrected chi connectivity index (χ0v) is 14.9. The van der Waals surface area contributed by atoms with E-state index in [0.717, 1.165) is 0 Å². The number of nitrogen functional groups attached to an aromatic ring is 1. The lowest BCUT2D eigenvalue weighted by Gasteiger charge is -2.16. The molecule has 1 aliphatic heterocycles. The highest BCUT2D eigenvalue weighted by atomic mass is 35.5. The molecule has 1 saturated heterocycles. The monoisotopic (exact) mass is 399 g/mol. The maximum absolute atomic E-state index is 10.3. The van der Waals surface area contributed by atoms with Crippen LogP contribution in [-0.2, 0) is 14.2 Å². The molecule has 2 aromatic heterocycles. The fraction of sp³-hybridized carbons (Fsp3) is 0.500. The number of nitrogens with two attached hydrogens (primary N) is 1. The van der Waals surface area contributed by atoms with E-state index in [9.17, 15) is 10.2 Å². The Balaban J connectivity index is 1.70. The fourth-order valence-electron chi connectivity index (χ4n) is 2.68. The molecule has 1 fully saturated rings. The van der Waals surface area contributed by atoms with Crippen molar-refractivity contribution in [3.63, 3.8) is 0 Å². The maximum Gasteiger partial charge on any atom is 0.226 e. The summed E-state index contributed by atoms with van der Waals surface area (Å²) in [5.41, 5.74) is 6.30. The number of nitrogens with zero attached hydrogens (tertiary/aromatic N) is 4. The number of rotatable bonds is 5. The number of hydrogen-bond acceptors (Lipinski definition) is 11. The van der Waals surface area contributed by atoms with Crippen molar-refractivity contribution in [2.75, 3.05) is 18.9 Å². The van der Waals surface area contributed by atoms with Crippen molar-refractivity contribution in [2.24, 2.45) is 0 Å². The molecular weight excluding hydrogens is 382 g/mol. The van der Waals surface area contributed by atoms with E-state index in [1.54, 1.807) is 0 Å². The maximum atomic E-state index is 10.3. The van der Waals surface area contributed by atoms with Crippen molar-refractivity contribution in [3.8, 4) is 0 Å². The zero-order chi connectivity index (χ0) is 19.7. The third-order valence-corrected chi connectivity index (χ3v) is 3.99. The molecule has 0 radical (unpaired) electrons. The van der Waals surface area contributed by atoms with Gasteiger partial charge in [0.1, 0.15) is 30.4 Å². The Bertz CT molecular complexity index is 875. The molecule has 2 aromatic rings. The SMILES string of the molecule is CC(=N)OC(=N)COCC1OC(n2cnc3c(N)nc(Cl)nc32)C(O)C1O. The normalized spacial score (nSPS) is 25.0. The average molecular weight is 400 g/mol. The molecule has 0 aromatic carbocycles. The van der Waals surface area contributed by atoms with Gasteiger partial charge in [0, 0.05) is 6.92 Å². The van der Waals surface area contributed by atoms with Gasteiger partial charge in [-0.3, -0.25) is 15.4 Å². The molecule has 0 bridgehead atoms. The van der Waals surface area contributed by atoms with Crippen molar-refractivity contribution in [1.29, 1.82) is 10.8 Å². The Morgan fingerprint density at radius 1 is 1.37 bits per heavy atom. The van der Waals surface area contributed by atoms with E-state index in [2.05, 4.69) is 15.0 Å². The van der Waals surface area contributed by atoms with Crippen LogP contribution in [0.1, 0.15) is 13.2 Å². The first-order valence-electron chi connectivity index (χ1n) is 7.83. The minimum absolute atomic E-state index is 0.0803. The highest BCUT2D eigenvalue weighted by Crippen LogP contribution is 2.32. The molecule has 6 N–H and O–H groups in total. The molecule has 0 aliphatic carbocycles. The number of aromatic nitrogens is 4. The highest BCUT2D eigenvalue weighted by molar-refractivity contribution is 6.28. The van der Waals surface area contributed by atoms with Gasteiger partial charge >= 0.3 is 0 Å². The number of ether oxygens (including phenoxy) is 3. The summed E-state index contributed by atoms with van der Waals surface area (Å²) in [6.45, 7) is 1.07. The summed E-state index contributed by atoms with van der Waals surface area (Å²) in [6.07, 6.45) is -3.05. The Hall–Kier alpha value is -2.38. The molecule has 27 heavy (non-hydrogen) atoms. The Morgan fingerprint density at radius 3 is 2.81 bits per heavy atom.